The molecule has 3 rings (SSSR count). The standard InChI is InChI=1S/C13H8BrFN4O/c14-9-3-8(4-10(15)5-9)12-18-13(20-19-12)7-1-2-11(16)17-6-7/h1-6H,(H2,16,17). The Kier molecular flexibility index (Phi) is 3.19. The van der Waals surface area contributed by atoms with Gasteiger partial charge in [0.1, 0.15) is 11.6 Å². The fraction of sp³-hybridized carbons (Fsp3) is 0. The van der Waals surface area contributed by atoms with Crippen LogP contribution >= 0.6 is 15.9 Å². The van der Waals surface area contributed by atoms with Crippen molar-refractivity contribution < 1.29 is 8.91 Å². The summed E-state index contributed by atoms with van der Waals surface area (Å²) >= 11 is 3.22. The average molecular weight is 335 g/mol. The zero-order valence-electron chi connectivity index (χ0n) is 10.0. The first-order chi connectivity index (χ1) is 9.61. The third kappa shape index (κ3) is 2.53. The summed E-state index contributed by atoms with van der Waals surface area (Å²) < 4.78 is 19.1. The van der Waals surface area contributed by atoms with Crippen LogP contribution < -0.4 is 5.73 Å². The molecule has 3 aromatic rings. The zero-order valence-corrected chi connectivity index (χ0v) is 11.6. The molecule has 0 aliphatic carbocycles. The highest BCUT2D eigenvalue weighted by Crippen LogP contribution is 2.25. The lowest BCUT2D eigenvalue weighted by Crippen LogP contribution is -1.89. The van der Waals surface area contributed by atoms with Crippen molar-refractivity contribution in [2.45, 2.75) is 0 Å². The third-order valence-electron chi connectivity index (χ3n) is 2.58. The maximum absolute atomic E-state index is 13.3. The predicted molar refractivity (Wildman–Crippen MR) is 75.0 cm³/mol. The molecule has 0 aliphatic rings. The van der Waals surface area contributed by atoms with E-state index in [0.717, 1.165) is 0 Å². The summed E-state index contributed by atoms with van der Waals surface area (Å²) in [5.41, 5.74) is 6.68. The van der Waals surface area contributed by atoms with E-state index in [4.69, 9.17) is 10.3 Å². The summed E-state index contributed by atoms with van der Waals surface area (Å²) in [6, 6.07) is 7.76. The molecule has 0 amide bonds. The van der Waals surface area contributed by atoms with Crippen LogP contribution in [0.4, 0.5) is 10.2 Å². The van der Waals surface area contributed by atoms with Gasteiger partial charge in [0.05, 0.1) is 5.56 Å². The van der Waals surface area contributed by atoms with Crippen LogP contribution in [0.1, 0.15) is 0 Å². The molecule has 0 bridgehead atoms. The summed E-state index contributed by atoms with van der Waals surface area (Å²) in [5, 5.41) is 3.83. The van der Waals surface area contributed by atoms with Crippen molar-refractivity contribution in [1.82, 2.24) is 15.1 Å². The molecule has 0 atom stereocenters. The Labute approximate surface area is 121 Å². The van der Waals surface area contributed by atoms with Crippen LogP contribution in [0.5, 0.6) is 0 Å². The molecule has 0 saturated carbocycles. The van der Waals surface area contributed by atoms with Gasteiger partial charge in [-0.1, -0.05) is 21.1 Å². The predicted octanol–water partition coefficient (Wildman–Crippen LogP) is 3.28. The summed E-state index contributed by atoms with van der Waals surface area (Å²) in [7, 11) is 0. The third-order valence-corrected chi connectivity index (χ3v) is 3.04. The molecule has 2 aromatic heterocycles. The number of benzene rings is 1. The number of hydrogen-bond donors (Lipinski definition) is 1. The van der Waals surface area contributed by atoms with Crippen molar-refractivity contribution in [2.24, 2.45) is 0 Å². The summed E-state index contributed by atoms with van der Waals surface area (Å²) in [6.07, 6.45) is 1.54. The molecule has 0 saturated heterocycles. The van der Waals surface area contributed by atoms with Gasteiger partial charge in [0, 0.05) is 16.2 Å². The Hall–Kier alpha value is -2.28. The van der Waals surface area contributed by atoms with Crippen LogP contribution in [0.2, 0.25) is 0 Å². The number of nitrogens with zero attached hydrogens (tertiary/aromatic N) is 3. The van der Waals surface area contributed by atoms with Crippen molar-refractivity contribution in [2.75, 3.05) is 5.73 Å². The lowest BCUT2D eigenvalue weighted by molar-refractivity contribution is 0.432. The minimum absolute atomic E-state index is 0.299. The normalized spacial score (nSPS) is 10.7. The molecule has 0 radical (unpaired) electrons. The molecular weight excluding hydrogens is 327 g/mol. The topological polar surface area (TPSA) is 77.8 Å². The quantitative estimate of drug-likeness (QED) is 0.778. The van der Waals surface area contributed by atoms with Crippen molar-refractivity contribution in [1.29, 1.82) is 0 Å². The molecular formula is C13H8BrFN4O. The van der Waals surface area contributed by atoms with E-state index in [1.807, 2.05) is 0 Å². The molecule has 2 N–H and O–H groups in total. The lowest BCUT2D eigenvalue weighted by Gasteiger charge is -1.96. The first-order valence-electron chi connectivity index (χ1n) is 5.64. The summed E-state index contributed by atoms with van der Waals surface area (Å²) in [5.74, 6) is 0.627. The molecule has 0 aliphatic heterocycles. The van der Waals surface area contributed by atoms with Gasteiger partial charge in [-0.15, -0.1) is 0 Å². The Balaban J connectivity index is 1.99. The average Bonchev–Trinajstić information content (AvgIpc) is 2.88. The van der Waals surface area contributed by atoms with E-state index in [-0.39, 0.29) is 5.82 Å². The minimum Gasteiger partial charge on any atom is -0.384 e. The number of anilines is 1. The smallest absolute Gasteiger partial charge is 0.259 e. The van der Waals surface area contributed by atoms with Gasteiger partial charge in [0.2, 0.25) is 5.82 Å². The second-order valence-corrected chi connectivity index (χ2v) is 4.97. The maximum Gasteiger partial charge on any atom is 0.259 e. The monoisotopic (exact) mass is 334 g/mol. The molecule has 5 nitrogen and oxygen atoms in total. The van der Waals surface area contributed by atoms with Crippen molar-refractivity contribution >= 4 is 21.7 Å². The number of pyridine rings is 1. The summed E-state index contributed by atoms with van der Waals surface area (Å²) in [6.45, 7) is 0. The molecule has 0 unspecified atom stereocenters. The van der Waals surface area contributed by atoms with Gasteiger partial charge in [-0.3, -0.25) is 0 Å². The van der Waals surface area contributed by atoms with E-state index < -0.39 is 0 Å². The number of aromatic nitrogens is 3. The number of halogens is 2. The highest BCUT2D eigenvalue weighted by molar-refractivity contribution is 9.10. The van der Waals surface area contributed by atoms with E-state index in [9.17, 15) is 4.39 Å². The SMILES string of the molecule is Nc1ccc(-c2nc(-c3cc(F)cc(Br)c3)no2)cn1. The fourth-order valence-electron chi connectivity index (χ4n) is 1.67. The van der Waals surface area contributed by atoms with Crippen LogP contribution in [-0.2, 0) is 0 Å². The van der Waals surface area contributed by atoms with E-state index in [1.165, 1.54) is 18.3 Å². The fourth-order valence-corrected chi connectivity index (χ4v) is 2.14. The maximum atomic E-state index is 13.3. The number of nitrogen functional groups attached to an aromatic ring is 1. The first kappa shape index (κ1) is 12.7. The van der Waals surface area contributed by atoms with Gasteiger partial charge < -0.3 is 10.3 Å². The van der Waals surface area contributed by atoms with Gasteiger partial charge in [-0.25, -0.2) is 9.37 Å². The van der Waals surface area contributed by atoms with Gasteiger partial charge in [0.15, 0.2) is 0 Å². The highest BCUT2D eigenvalue weighted by Gasteiger charge is 2.12. The highest BCUT2D eigenvalue weighted by atomic mass is 79.9. The van der Waals surface area contributed by atoms with Gasteiger partial charge in [-0.05, 0) is 30.3 Å². The summed E-state index contributed by atoms with van der Waals surface area (Å²) in [4.78, 5) is 8.16. The van der Waals surface area contributed by atoms with Crippen molar-refractivity contribution in [3.05, 3.63) is 46.8 Å². The van der Waals surface area contributed by atoms with Crippen LogP contribution in [0.15, 0.2) is 45.5 Å². The Morgan fingerprint density at radius 1 is 1.15 bits per heavy atom. The Bertz CT molecular complexity index is 737. The first-order valence-corrected chi connectivity index (χ1v) is 6.43. The minimum atomic E-state index is -0.380. The number of rotatable bonds is 2. The van der Waals surface area contributed by atoms with Crippen molar-refractivity contribution in [3.8, 4) is 22.8 Å². The van der Waals surface area contributed by atoms with E-state index in [1.54, 1.807) is 18.2 Å². The molecule has 1 aromatic carbocycles. The van der Waals surface area contributed by atoms with E-state index in [2.05, 4.69) is 31.1 Å². The van der Waals surface area contributed by atoms with Gasteiger partial charge in [0.25, 0.3) is 5.89 Å². The second-order valence-electron chi connectivity index (χ2n) is 4.05. The largest absolute Gasteiger partial charge is 0.384 e. The Morgan fingerprint density at radius 2 is 2.00 bits per heavy atom. The van der Waals surface area contributed by atoms with Crippen LogP contribution in [0.3, 0.4) is 0 Å². The zero-order chi connectivity index (χ0) is 14.1. The number of nitrogens with two attached hydrogens (primary N) is 1. The Morgan fingerprint density at radius 3 is 2.70 bits per heavy atom. The van der Waals surface area contributed by atoms with Crippen LogP contribution in [0.25, 0.3) is 22.8 Å². The van der Waals surface area contributed by atoms with Gasteiger partial charge in [-0.2, -0.15) is 4.98 Å². The lowest BCUT2D eigenvalue weighted by atomic mass is 10.2. The van der Waals surface area contributed by atoms with Crippen molar-refractivity contribution in [3.63, 3.8) is 0 Å². The molecule has 2 heterocycles. The number of hydrogen-bond acceptors (Lipinski definition) is 5. The molecule has 100 valence electrons. The molecule has 0 fully saturated rings. The van der Waals surface area contributed by atoms with E-state index >= 15 is 0 Å². The molecule has 7 heteroatoms. The van der Waals surface area contributed by atoms with Crippen LogP contribution in [0, 0.1) is 5.82 Å². The molecule has 20 heavy (non-hydrogen) atoms. The van der Waals surface area contributed by atoms with E-state index in [0.29, 0.717) is 33.1 Å². The molecule has 0 spiro atoms. The second kappa shape index (κ2) is 5.01. The van der Waals surface area contributed by atoms with Crippen LogP contribution in [-0.4, -0.2) is 15.1 Å². The van der Waals surface area contributed by atoms with Gasteiger partial charge >= 0.3 is 0 Å².